The Morgan fingerprint density at radius 2 is 2.12 bits per heavy atom. The van der Waals surface area contributed by atoms with E-state index in [2.05, 4.69) is 6.07 Å². The molecule has 0 saturated carbocycles. The third-order valence-corrected chi connectivity index (χ3v) is 2.98. The fourth-order valence-electron chi connectivity index (χ4n) is 2.04. The summed E-state index contributed by atoms with van der Waals surface area (Å²) in [6, 6.07) is 7.71. The zero-order valence-electron chi connectivity index (χ0n) is 9.40. The van der Waals surface area contributed by atoms with Gasteiger partial charge in [0, 0.05) is 18.7 Å². The van der Waals surface area contributed by atoms with Crippen LogP contribution in [0.4, 0.5) is 4.39 Å². The van der Waals surface area contributed by atoms with Crippen LogP contribution in [-0.4, -0.2) is 23.9 Å². The molecule has 0 radical (unpaired) electrons. The number of likely N-dealkylation sites (tertiary alicyclic amines) is 1. The molecular weight excluding hydrogens is 219 g/mol. The number of carbonyl (C=O) groups excluding carboxylic acids is 1. The highest BCUT2D eigenvalue weighted by Crippen LogP contribution is 2.18. The number of rotatable bonds is 1. The summed E-state index contributed by atoms with van der Waals surface area (Å²) in [5.74, 6) is -0.548. The van der Waals surface area contributed by atoms with Crippen LogP contribution in [0.1, 0.15) is 23.2 Å². The second kappa shape index (κ2) is 4.96. The van der Waals surface area contributed by atoms with E-state index >= 15 is 0 Å². The van der Waals surface area contributed by atoms with Crippen molar-refractivity contribution in [3.63, 3.8) is 0 Å². The minimum atomic E-state index is -0.352. The topological polar surface area (TPSA) is 44.1 Å². The quantitative estimate of drug-likeness (QED) is 0.745. The van der Waals surface area contributed by atoms with Crippen molar-refractivity contribution in [3.8, 4) is 6.07 Å². The molecule has 1 fully saturated rings. The fourth-order valence-corrected chi connectivity index (χ4v) is 2.04. The van der Waals surface area contributed by atoms with Gasteiger partial charge in [-0.05, 0) is 37.1 Å². The van der Waals surface area contributed by atoms with E-state index in [1.54, 1.807) is 4.90 Å². The predicted molar refractivity (Wildman–Crippen MR) is 60.6 cm³/mol. The number of hydrogen-bond acceptors (Lipinski definition) is 2. The normalized spacial score (nSPS) is 19.8. The Hall–Kier alpha value is -1.89. The van der Waals surface area contributed by atoms with Crippen LogP contribution < -0.4 is 0 Å². The minimum absolute atomic E-state index is 0.0758. The first kappa shape index (κ1) is 11.6. The maximum atomic E-state index is 12.7. The van der Waals surface area contributed by atoms with Crippen molar-refractivity contribution in [3.05, 3.63) is 35.6 Å². The van der Waals surface area contributed by atoms with Gasteiger partial charge in [0.2, 0.25) is 0 Å². The molecule has 1 aromatic rings. The van der Waals surface area contributed by atoms with Gasteiger partial charge in [-0.1, -0.05) is 0 Å². The maximum Gasteiger partial charge on any atom is 0.253 e. The summed E-state index contributed by atoms with van der Waals surface area (Å²) in [7, 11) is 0. The molecule has 1 saturated heterocycles. The number of carbonyl (C=O) groups is 1. The molecular formula is C13H13FN2O. The van der Waals surface area contributed by atoms with Gasteiger partial charge in [0.15, 0.2) is 0 Å². The number of benzene rings is 1. The average Bonchev–Trinajstić information content (AvgIpc) is 2.39. The van der Waals surface area contributed by atoms with Crippen LogP contribution in [0.15, 0.2) is 24.3 Å². The SMILES string of the molecule is N#CC1CCCN(C(=O)c2ccc(F)cc2)C1. The van der Waals surface area contributed by atoms with Crippen LogP contribution in [0.5, 0.6) is 0 Å². The van der Waals surface area contributed by atoms with Crippen LogP contribution in [-0.2, 0) is 0 Å². The molecule has 1 atom stereocenters. The monoisotopic (exact) mass is 232 g/mol. The van der Waals surface area contributed by atoms with E-state index in [0.29, 0.717) is 18.7 Å². The zero-order chi connectivity index (χ0) is 12.3. The Morgan fingerprint density at radius 1 is 1.41 bits per heavy atom. The first-order valence-electron chi connectivity index (χ1n) is 5.65. The highest BCUT2D eigenvalue weighted by molar-refractivity contribution is 5.94. The van der Waals surface area contributed by atoms with Crippen molar-refractivity contribution in [2.75, 3.05) is 13.1 Å². The molecule has 17 heavy (non-hydrogen) atoms. The standard InChI is InChI=1S/C13H13FN2O/c14-12-5-3-11(4-6-12)13(17)16-7-1-2-10(8-15)9-16/h3-6,10H,1-2,7,9H2. The second-order valence-electron chi connectivity index (χ2n) is 4.23. The van der Waals surface area contributed by atoms with Gasteiger partial charge in [0.05, 0.1) is 12.0 Å². The van der Waals surface area contributed by atoms with Gasteiger partial charge >= 0.3 is 0 Å². The molecule has 1 aliphatic rings. The van der Waals surface area contributed by atoms with E-state index in [0.717, 1.165) is 12.8 Å². The summed E-state index contributed by atoms with van der Waals surface area (Å²) in [6.45, 7) is 1.15. The lowest BCUT2D eigenvalue weighted by molar-refractivity contribution is 0.0698. The Balaban J connectivity index is 2.09. The smallest absolute Gasteiger partial charge is 0.253 e. The molecule has 88 valence electrons. The number of nitriles is 1. The molecule has 1 amide bonds. The molecule has 1 unspecified atom stereocenters. The summed E-state index contributed by atoms with van der Waals surface area (Å²) in [4.78, 5) is 13.7. The predicted octanol–water partition coefficient (Wildman–Crippen LogP) is 2.20. The third kappa shape index (κ3) is 2.62. The number of halogens is 1. The maximum absolute atomic E-state index is 12.7. The van der Waals surface area contributed by atoms with Crippen molar-refractivity contribution < 1.29 is 9.18 Å². The van der Waals surface area contributed by atoms with Crippen molar-refractivity contribution in [2.45, 2.75) is 12.8 Å². The van der Waals surface area contributed by atoms with Crippen LogP contribution in [0, 0.1) is 23.1 Å². The van der Waals surface area contributed by atoms with Gasteiger partial charge in [-0.15, -0.1) is 0 Å². The highest BCUT2D eigenvalue weighted by Gasteiger charge is 2.24. The molecule has 4 heteroatoms. The van der Waals surface area contributed by atoms with E-state index in [4.69, 9.17) is 5.26 Å². The molecule has 1 heterocycles. The minimum Gasteiger partial charge on any atom is -0.337 e. The molecule has 0 spiro atoms. The second-order valence-corrected chi connectivity index (χ2v) is 4.23. The Bertz CT molecular complexity index is 449. The summed E-state index contributed by atoms with van der Waals surface area (Å²) in [5, 5.41) is 8.86. The molecule has 0 aromatic heterocycles. The van der Waals surface area contributed by atoms with Gasteiger partial charge in [-0.3, -0.25) is 4.79 Å². The Kier molecular flexibility index (Phi) is 3.38. The van der Waals surface area contributed by atoms with Crippen molar-refractivity contribution in [1.29, 1.82) is 5.26 Å². The van der Waals surface area contributed by atoms with Crippen molar-refractivity contribution in [2.24, 2.45) is 5.92 Å². The number of nitrogens with zero attached hydrogens (tertiary/aromatic N) is 2. The average molecular weight is 232 g/mol. The molecule has 1 aliphatic heterocycles. The van der Waals surface area contributed by atoms with E-state index in [1.165, 1.54) is 24.3 Å². The molecule has 2 rings (SSSR count). The lowest BCUT2D eigenvalue weighted by Gasteiger charge is -2.29. The van der Waals surface area contributed by atoms with Gasteiger partial charge in [0.1, 0.15) is 5.82 Å². The van der Waals surface area contributed by atoms with Crippen molar-refractivity contribution in [1.82, 2.24) is 4.90 Å². The van der Waals surface area contributed by atoms with Crippen LogP contribution in [0.2, 0.25) is 0 Å². The third-order valence-electron chi connectivity index (χ3n) is 2.98. The van der Waals surface area contributed by atoms with E-state index in [1.807, 2.05) is 0 Å². The van der Waals surface area contributed by atoms with E-state index < -0.39 is 0 Å². The van der Waals surface area contributed by atoms with Crippen LogP contribution >= 0.6 is 0 Å². The first-order chi connectivity index (χ1) is 8.20. The lowest BCUT2D eigenvalue weighted by atomic mass is 9.99. The first-order valence-corrected chi connectivity index (χ1v) is 5.65. The van der Waals surface area contributed by atoms with Gasteiger partial charge in [-0.25, -0.2) is 4.39 Å². The Morgan fingerprint density at radius 3 is 2.76 bits per heavy atom. The molecule has 3 nitrogen and oxygen atoms in total. The Labute approximate surface area is 99.5 Å². The summed E-state index contributed by atoms with van der Waals surface area (Å²) in [5.41, 5.74) is 0.477. The van der Waals surface area contributed by atoms with Gasteiger partial charge < -0.3 is 4.90 Å². The molecule has 1 aromatic carbocycles. The van der Waals surface area contributed by atoms with Crippen LogP contribution in [0.25, 0.3) is 0 Å². The largest absolute Gasteiger partial charge is 0.337 e. The summed E-state index contributed by atoms with van der Waals surface area (Å²) < 4.78 is 12.7. The zero-order valence-corrected chi connectivity index (χ0v) is 9.40. The molecule has 0 bridgehead atoms. The fraction of sp³-hybridized carbons (Fsp3) is 0.385. The number of amides is 1. The lowest BCUT2D eigenvalue weighted by Crippen LogP contribution is -2.39. The molecule has 0 aliphatic carbocycles. The highest BCUT2D eigenvalue weighted by atomic mass is 19.1. The van der Waals surface area contributed by atoms with Gasteiger partial charge in [-0.2, -0.15) is 5.26 Å². The van der Waals surface area contributed by atoms with E-state index in [9.17, 15) is 9.18 Å². The van der Waals surface area contributed by atoms with E-state index in [-0.39, 0.29) is 17.6 Å². The van der Waals surface area contributed by atoms with Crippen molar-refractivity contribution >= 4 is 5.91 Å². The molecule has 0 N–H and O–H groups in total. The number of hydrogen-bond donors (Lipinski definition) is 0. The number of piperidine rings is 1. The summed E-state index contributed by atoms with van der Waals surface area (Å²) in [6.07, 6.45) is 1.70. The summed E-state index contributed by atoms with van der Waals surface area (Å²) >= 11 is 0. The van der Waals surface area contributed by atoms with Gasteiger partial charge in [0.25, 0.3) is 5.91 Å². The van der Waals surface area contributed by atoms with Crippen LogP contribution in [0.3, 0.4) is 0 Å².